The zero-order valence-corrected chi connectivity index (χ0v) is 9.77. The summed E-state index contributed by atoms with van der Waals surface area (Å²) in [6.07, 6.45) is 4.41. The molecule has 4 nitrogen and oxygen atoms in total. The van der Waals surface area contributed by atoms with E-state index in [1.54, 1.807) is 6.26 Å². The monoisotopic (exact) mass is 226 g/mol. The Morgan fingerprint density at radius 3 is 2.94 bits per heavy atom. The van der Waals surface area contributed by atoms with Crippen LogP contribution in [-0.2, 0) is 14.3 Å². The molecule has 0 bridgehead atoms. The van der Waals surface area contributed by atoms with Gasteiger partial charge >= 0.3 is 5.97 Å². The average molecular weight is 226 g/mol. The normalized spacial score (nSPS) is 12.4. The van der Waals surface area contributed by atoms with Crippen LogP contribution in [0.4, 0.5) is 0 Å². The van der Waals surface area contributed by atoms with E-state index in [0.29, 0.717) is 0 Å². The number of unbranched alkanes of at least 4 members (excludes halogenated alkanes) is 1. The third-order valence-electron chi connectivity index (χ3n) is 2.31. The molecule has 0 saturated carbocycles. The highest BCUT2D eigenvalue weighted by Gasteiger charge is 2.16. The largest absolute Gasteiger partial charge is 0.467 e. The van der Waals surface area contributed by atoms with Crippen LogP contribution in [0.2, 0.25) is 0 Å². The van der Waals surface area contributed by atoms with Crippen LogP contribution in [0.15, 0.2) is 22.8 Å². The first-order valence-corrected chi connectivity index (χ1v) is 5.49. The molecule has 0 N–H and O–H groups in total. The Balaban J connectivity index is 2.47. The molecule has 16 heavy (non-hydrogen) atoms. The van der Waals surface area contributed by atoms with Gasteiger partial charge in [-0.15, -0.1) is 0 Å². The summed E-state index contributed by atoms with van der Waals surface area (Å²) < 4.78 is 15.3. The zero-order chi connectivity index (χ0) is 11.8. The first-order chi connectivity index (χ1) is 7.77. The van der Waals surface area contributed by atoms with E-state index in [0.717, 1.165) is 25.0 Å². The molecule has 0 aliphatic heterocycles. The number of hydrogen-bond donors (Lipinski definition) is 0. The van der Waals surface area contributed by atoms with Crippen molar-refractivity contribution in [2.45, 2.75) is 32.3 Å². The van der Waals surface area contributed by atoms with Gasteiger partial charge in [0, 0.05) is 0 Å². The highest BCUT2D eigenvalue weighted by molar-refractivity contribution is 5.70. The lowest BCUT2D eigenvalue weighted by Gasteiger charge is -2.14. The zero-order valence-electron chi connectivity index (χ0n) is 9.77. The Morgan fingerprint density at radius 2 is 2.38 bits per heavy atom. The summed E-state index contributed by atoms with van der Waals surface area (Å²) in [6.45, 7) is 2.07. The van der Waals surface area contributed by atoms with Crippen LogP contribution in [0.3, 0.4) is 0 Å². The Bertz CT molecular complexity index is 292. The van der Waals surface area contributed by atoms with Crippen LogP contribution in [0.25, 0.3) is 0 Å². The molecule has 1 atom stereocenters. The van der Waals surface area contributed by atoms with Gasteiger partial charge in [-0.1, -0.05) is 19.8 Å². The lowest BCUT2D eigenvalue weighted by molar-refractivity contribution is -0.148. The third kappa shape index (κ3) is 4.06. The van der Waals surface area contributed by atoms with Crippen LogP contribution < -0.4 is 0 Å². The highest BCUT2D eigenvalue weighted by Crippen LogP contribution is 2.23. The summed E-state index contributed by atoms with van der Waals surface area (Å²) in [4.78, 5) is 11.0. The standard InChI is InChI=1S/C12H18O4/c1-3-4-6-11(10-7-5-8-15-10)16-9-12(13)14-2/h5,7-8,11H,3-4,6,9H2,1-2H3/t11-/m0/s1. The van der Waals surface area contributed by atoms with Gasteiger partial charge in [0.2, 0.25) is 0 Å². The number of hydrogen-bond acceptors (Lipinski definition) is 4. The van der Waals surface area contributed by atoms with Crippen molar-refractivity contribution in [2.75, 3.05) is 13.7 Å². The minimum absolute atomic E-state index is 0.0361. The molecule has 0 aliphatic carbocycles. The molecular formula is C12H18O4. The van der Waals surface area contributed by atoms with E-state index in [-0.39, 0.29) is 18.7 Å². The number of carbonyl (C=O) groups excluding carboxylic acids is 1. The highest BCUT2D eigenvalue weighted by atomic mass is 16.6. The summed E-state index contributed by atoms with van der Waals surface area (Å²) in [6, 6.07) is 3.67. The van der Waals surface area contributed by atoms with Crippen molar-refractivity contribution < 1.29 is 18.7 Å². The lowest BCUT2D eigenvalue weighted by Crippen LogP contribution is -2.14. The smallest absolute Gasteiger partial charge is 0.331 e. The molecule has 0 amide bonds. The molecule has 0 unspecified atom stereocenters. The summed E-state index contributed by atoms with van der Waals surface area (Å²) in [5, 5.41) is 0. The van der Waals surface area contributed by atoms with Crippen molar-refractivity contribution in [1.29, 1.82) is 0 Å². The molecule has 1 heterocycles. The SMILES string of the molecule is CCCC[C@H](OCC(=O)OC)c1ccco1. The van der Waals surface area contributed by atoms with Crippen molar-refractivity contribution in [1.82, 2.24) is 0 Å². The van der Waals surface area contributed by atoms with Gasteiger partial charge < -0.3 is 13.9 Å². The summed E-state index contributed by atoms with van der Waals surface area (Å²) >= 11 is 0. The van der Waals surface area contributed by atoms with Crippen molar-refractivity contribution in [3.8, 4) is 0 Å². The first-order valence-electron chi connectivity index (χ1n) is 5.49. The minimum atomic E-state index is -0.368. The fourth-order valence-electron chi connectivity index (χ4n) is 1.40. The summed E-state index contributed by atoms with van der Waals surface area (Å²) in [5.41, 5.74) is 0. The van der Waals surface area contributed by atoms with E-state index >= 15 is 0 Å². The van der Waals surface area contributed by atoms with Crippen LogP contribution in [0.1, 0.15) is 38.1 Å². The first kappa shape index (κ1) is 12.8. The molecule has 0 fully saturated rings. The molecule has 90 valence electrons. The van der Waals surface area contributed by atoms with Gasteiger partial charge in [0.25, 0.3) is 0 Å². The topological polar surface area (TPSA) is 48.7 Å². The molecule has 1 rings (SSSR count). The lowest BCUT2D eigenvalue weighted by atomic mass is 10.1. The van der Waals surface area contributed by atoms with E-state index < -0.39 is 0 Å². The van der Waals surface area contributed by atoms with Gasteiger partial charge in [-0.25, -0.2) is 4.79 Å². The van der Waals surface area contributed by atoms with Gasteiger partial charge in [-0.05, 0) is 18.6 Å². The second-order valence-electron chi connectivity index (χ2n) is 3.53. The molecule has 0 aromatic carbocycles. The predicted octanol–water partition coefficient (Wildman–Crippen LogP) is 2.70. The Hall–Kier alpha value is -1.29. The third-order valence-corrected chi connectivity index (χ3v) is 2.31. The Kier molecular flexibility index (Phi) is 5.64. The predicted molar refractivity (Wildman–Crippen MR) is 58.9 cm³/mol. The van der Waals surface area contributed by atoms with Crippen molar-refractivity contribution in [3.05, 3.63) is 24.2 Å². The van der Waals surface area contributed by atoms with Gasteiger partial charge in [0.15, 0.2) is 0 Å². The molecule has 0 saturated heterocycles. The number of esters is 1. The van der Waals surface area contributed by atoms with E-state index in [2.05, 4.69) is 11.7 Å². The number of furan rings is 1. The molecule has 1 aromatic rings. The van der Waals surface area contributed by atoms with Crippen LogP contribution >= 0.6 is 0 Å². The minimum Gasteiger partial charge on any atom is -0.467 e. The molecule has 0 aliphatic rings. The Labute approximate surface area is 95.5 Å². The van der Waals surface area contributed by atoms with Gasteiger partial charge in [0.05, 0.1) is 13.4 Å². The van der Waals surface area contributed by atoms with Gasteiger partial charge in [-0.3, -0.25) is 0 Å². The number of methoxy groups -OCH3 is 1. The van der Waals surface area contributed by atoms with E-state index in [4.69, 9.17) is 9.15 Å². The number of ether oxygens (including phenoxy) is 2. The van der Waals surface area contributed by atoms with Gasteiger partial charge in [-0.2, -0.15) is 0 Å². The maximum Gasteiger partial charge on any atom is 0.331 e. The van der Waals surface area contributed by atoms with Crippen molar-refractivity contribution >= 4 is 5.97 Å². The summed E-state index contributed by atoms with van der Waals surface area (Å²) in [7, 11) is 1.35. The van der Waals surface area contributed by atoms with E-state index in [1.807, 2.05) is 12.1 Å². The fourth-order valence-corrected chi connectivity index (χ4v) is 1.40. The maximum atomic E-state index is 11.0. The molecule has 4 heteroatoms. The number of rotatable bonds is 7. The molecular weight excluding hydrogens is 208 g/mol. The number of carbonyl (C=O) groups is 1. The fraction of sp³-hybridized carbons (Fsp3) is 0.583. The summed E-state index contributed by atoms with van der Waals surface area (Å²) in [5.74, 6) is 0.394. The molecule has 0 radical (unpaired) electrons. The average Bonchev–Trinajstić information content (AvgIpc) is 2.82. The van der Waals surface area contributed by atoms with Gasteiger partial charge in [0.1, 0.15) is 18.5 Å². The van der Waals surface area contributed by atoms with E-state index in [1.165, 1.54) is 7.11 Å². The second-order valence-corrected chi connectivity index (χ2v) is 3.53. The van der Waals surface area contributed by atoms with Crippen LogP contribution in [-0.4, -0.2) is 19.7 Å². The van der Waals surface area contributed by atoms with Crippen LogP contribution in [0, 0.1) is 0 Å². The van der Waals surface area contributed by atoms with Crippen molar-refractivity contribution in [2.24, 2.45) is 0 Å². The molecule has 1 aromatic heterocycles. The van der Waals surface area contributed by atoms with Crippen molar-refractivity contribution in [3.63, 3.8) is 0 Å². The quantitative estimate of drug-likeness (QED) is 0.671. The molecule has 0 spiro atoms. The Morgan fingerprint density at radius 1 is 1.56 bits per heavy atom. The second kappa shape index (κ2) is 7.06. The maximum absolute atomic E-state index is 11.0. The van der Waals surface area contributed by atoms with Crippen LogP contribution in [0.5, 0.6) is 0 Å². The van der Waals surface area contributed by atoms with E-state index in [9.17, 15) is 4.79 Å².